The molecule has 1 aromatic carbocycles. The summed E-state index contributed by atoms with van der Waals surface area (Å²) < 4.78 is 14.2. The number of hydrogen-bond donors (Lipinski definition) is 1. The summed E-state index contributed by atoms with van der Waals surface area (Å²) in [6, 6.07) is 3.47. The molecule has 0 aromatic heterocycles. The molecule has 13 heavy (non-hydrogen) atoms. The fourth-order valence-corrected chi connectivity index (χ4v) is 2.04. The van der Waals surface area contributed by atoms with Crippen molar-refractivity contribution >= 4 is 15.9 Å². The maximum atomic E-state index is 13.4. The molecular formula is C10H11BrFN. The van der Waals surface area contributed by atoms with Crippen molar-refractivity contribution in [3.8, 4) is 0 Å². The van der Waals surface area contributed by atoms with Crippen molar-refractivity contribution in [3.63, 3.8) is 0 Å². The number of nitrogens with two attached hydrogens (primary N) is 1. The van der Waals surface area contributed by atoms with Crippen LogP contribution in [-0.2, 0) is 6.54 Å². The topological polar surface area (TPSA) is 26.0 Å². The van der Waals surface area contributed by atoms with Gasteiger partial charge < -0.3 is 5.73 Å². The van der Waals surface area contributed by atoms with E-state index in [0.29, 0.717) is 18.0 Å². The van der Waals surface area contributed by atoms with Crippen LogP contribution in [0.2, 0.25) is 0 Å². The van der Waals surface area contributed by atoms with E-state index in [0.717, 1.165) is 10.0 Å². The van der Waals surface area contributed by atoms with E-state index >= 15 is 0 Å². The Morgan fingerprint density at radius 1 is 1.46 bits per heavy atom. The van der Waals surface area contributed by atoms with Gasteiger partial charge in [0.1, 0.15) is 5.82 Å². The van der Waals surface area contributed by atoms with Crippen LogP contribution in [0.5, 0.6) is 0 Å². The lowest BCUT2D eigenvalue weighted by Gasteiger charge is -2.08. The van der Waals surface area contributed by atoms with Crippen molar-refractivity contribution in [3.05, 3.63) is 33.5 Å². The van der Waals surface area contributed by atoms with Gasteiger partial charge >= 0.3 is 0 Å². The van der Waals surface area contributed by atoms with Gasteiger partial charge in [-0.1, -0.05) is 15.9 Å². The molecule has 0 atom stereocenters. The summed E-state index contributed by atoms with van der Waals surface area (Å²) in [7, 11) is 0. The Hall–Kier alpha value is -0.410. The average Bonchev–Trinajstić information content (AvgIpc) is 2.85. The molecule has 3 heteroatoms. The highest BCUT2D eigenvalue weighted by Gasteiger charge is 2.27. The van der Waals surface area contributed by atoms with E-state index in [2.05, 4.69) is 15.9 Å². The van der Waals surface area contributed by atoms with Gasteiger partial charge in [0.25, 0.3) is 0 Å². The van der Waals surface area contributed by atoms with Gasteiger partial charge in [-0.3, -0.25) is 0 Å². The van der Waals surface area contributed by atoms with Gasteiger partial charge in [0.2, 0.25) is 0 Å². The Balaban J connectivity index is 2.50. The third-order valence-corrected chi connectivity index (χ3v) is 2.87. The van der Waals surface area contributed by atoms with E-state index in [1.807, 2.05) is 6.07 Å². The molecule has 0 bridgehead atoms. The first-order valence-electron chi connectivity index (χ1n) is 4.40. The maximum absolute atomic E-state index is 13.4. The number of halogens is 2. The smallest absolute Gasteiger partial charge is 0.129 e. The van der Waals surface area contributed by atoms with Gasteiger partial charge in [-0.25, -0.2) is 4.39 Å². The lowest BCUT2D eigenvalue weighted by molar-refractivity contribution is 0.606. The minimum Gasteiger partial charge on any atom is -0.326 e. The summed E-state index contributed by atoms with van der Waals surface area (Å²) in [6.45, 7) is 0.297. The molecule has 0 radical (unpaired) electrons. The Bertz CT molecular complexity index is 334. The van der Waals surface area contributed by atoms with E-state index < -0.39 is 0 Å². The Morgan fingerprint density at radius 2 is 2.15 bits per heavy atom. The summed E-state index contributed by atoms with van der Waals surface area (Å²) >= 11 is 3.29. The van der Waals surface area contributed by atoms with Crippen LogP contribution in [0.3, 0.4) is 0 Å². The van der Waals surface area contributed by atoms with E-state index in [9.17, 15) is 4.39 Å². The predicted molar refractivity (Wildman–Crippen MR) is 54.0 cm³/mol. The summed E-state index contributed by atoms with van der Waals surface area (Å²) in [5.41, 5.74) is 7.29. The third-order valence-electron chi connectivity index (χ3n) is 2.42. The monoisotopic (exact) mass is 243 g/mol. The van der Waals surface area contributed by atoms with Gasteiger partial charge in [0.05, 0.1) is 0 Å². The van der Waals surface area contributed by atoms with Crippen molar-refractivity contribution < 1.29 is 4.39 Å². The summed E-state index contributed by atoms with van der Waals surface area (Å²) in [5, 5.41) is 0. The second-order valence-corrected chi connectivity index (χ2v) is 4.35. The van der Waals surface area contributed by atoms with Crippen LogP contribution in [0.1, 0.15) is 29.9 Å². The standard InChI is InChI=1S/C10H11BrFN/c11-7-3-8(6-1-2-6)9(5-13)10(12)4-7/h3-4,6H,1-2,5,13H2. The first-order chi connectivity index (χ1) is 6.22. The molecule has 1 fully saturated rings. The van der Waals surface area contributed by atoms with Crippen LogP contribution in [0.15, 0.2) is 16.6 Å². The number of hydrogen-bond acceptors (Lipinski definition) is 1. The molecule has 0 spiro atoms. The molecule has 70 valence electrons. The summed E-state index contributed by atoms with van der Waals surface area (Å²) in [6.07, 6.45) is 2.34. The second-order valence-electron chi connectivity index (χ2n) is 3.43. The third kappa shape index (κ3) is 1.76. The maximum Gasteiger partial charge on any atom is 0.129 e. The molecule has 0 amide bonds. The van der Waals surface area contributed by atoms with E-state index in [-0.39, 0.29) is 5.82 Å². The zero-order valence-electron chi connectivity index (χ0n) is 7.19. The van der Waals surface area contributed by atoms with Crippen molar-refractivity contribution in [2.24, 2.45) is 5.73 Å². The van der Waals surface area contributed by atoms with Crippen LogP contribution >= 0.6 is 15.9 Å². The zero-order chi connectivity index (χ0) is 9.42. The summed E-state index contributed by atoms with van der Waals surface area (Å²) in [4.78, 5) is 0. The lowest BCUT2D eigenvalue weighted by atomic mass is 10.0. The Morgan fingerprint density at radius 3 is 2.69 bits per heavy atom. The molecule has 1 aromatic rings. The van der Waals surface area contributed by atoms with E-state index in [4.69, 9.17) is 5.73 Å². The van der Waals surface area contributed by atoms with Crippen LogP contribution in [0, 0.1) is 5.82 Å². The van der Waals surface area contributed by atoms with Gasteiger partial charge in [-0.05, 0) is 36.5 Å². The van der Waals surface area contributed by atoms with Gasteiger partial charge in [0, 0.05) is 16.6 Å². The Labute approximate surface area is 85.3 Å². The number of rotatable bonds is 2. The molecule has 1 aliphatic carbocycles. The fraction of sp³-hybridized carbons (Fsp3) is 0.400. The molecule has 0 unspecified atom stereocenters. The molecule has 1 aliphatic rings. The quantitative estimate of drug-likeness (QED) is 0.850. The lowest BCUT2D eigenvalue weighted by Crippen LogP contribution is -2.04. The molecule has 1 nitrogen and oxygen atoms in total. The van der Waals surface area contributed by atoms with Crippen LogP contribution in [-0.4, -0.2) is 0 Å². The van der Waals surface area contributed by atoms with E-state index in [1.165, 1.54) is 18.9 Å². The second kappa shape index (κ2) is 3.39. The first kappa shape index (κ1) is 9.16. The number of benzene rings is 1. The molecule has 0 aliphatic heterocycles. The Kier molecular flexibility index (Phi) is 2.39. The highest BCUT2D eigenvalue weighted by atomic mass is 79.9. The highest BCUT2D eigenvalue weighted by molar-refractivity contribution is 9.10. The van der Waals surface area contributed by atoms with Gasteiger partial charge in [-0.2, -0.15) is 0 Å². The van der Waals surface area contributed by atoms with Crippen LogP contribution in [0.4, 0.5) is 4.39 Å². The fourth-order valence-electron chi connectivity index (χ4n) is 1.60. The van der Waals surface area contributed by atoms with E-state index in [1.54, 1.807) is 0 Å². The highest BCUT2D eigenvalue weighted by Crippen LogP contribution is 2.43. The van der Waals surface area contributed by atoms with Gasteiger partial charge in [-0.15, -0.1) is 0 Å². The van der Waals surface area contributed by atoms with Crippen LogP contribution < -0.4 is 5.73 Å². The SMILES string of the molecule is NCc1c(F)cc(Br)cc1C1CC1. The predicted octanol–water partition coefficient (Wildman–Crippen LogP) is 2.92. The molecule has 2 rings (SSSR count). The van der Waals surface area contributed by atoms with Crippen molar-refractivity contribution in [1.82, 2.24) is 0 Å². The first-order valence-corrected chi connectivity index (χ1v) is 5.19. The minimum atomic E-state index is -0.182. The molecular weight excluding hydrogens is 233 g/mol. The van der Waals surface area contributed by atoms with Crippen LogP contribution in [0.25, 0.3) is 0 Å². The molecule has 2 N–H and O–H groups in total. The average molecular weight is 244 g/mol. The molecule has 0 saturated heterocycles. The molecule has 0 heterocycles. The zero-order valence-corrected chi connectivity index (χ0v) is 8.77. The van der Waals surface area contributed by atoms with Crippen molar-refractivity contribution in [2.45, 2.75) is 25.3 Å². The van der Waals surface area contributed by atoms with Crippen molar-refractivity contribution in [2.75, 3.05) is 0 Å². The minimum absolute atomic E-state index is 0.182. The summed E-state index contributed by atoms with van der Waals surface area (Å²) in [5.74, 6) is 0.365. The largest absolute Gasteiger partial charge is 0.326 e. The normalized spacial score (nSPS) is 16.2. The van der Waals surface area contributed by atoms with Gasteiger partial charge in [0.15, 0.2) is 0 Å². The molecule has 1 saturated carbocycles. The van der Waals surface area contributed by atoms with Crippen molar-refractivity contribution in [1.29, 1.82) is 0 Å².